The molecule has 3 atom stereocenters. The molecular formula is C14H19NO3S. The Morgan fingerprint density at radius 2 is 2.11 bits per heavy atom. The second-order valence-corrected chi connectivity index (χ2v) is 7.94. The lowest BCUT2D eigenvalue weighted by Gasteiger charge is -2.35. The van der Waals surface area contributed by atoms with Crippen molar-refractivity contribution in [3.63, 3.8) is 0 Å². The van der Waals surface area contributed by atoms with Gasteiger partial charge in [-0.1, -0.05) is 24.3 Å². The minimum Gasteiger partial charge on any atom is -0.387 e. The van der Waals surface area contributed by atoms with Crippen molar-refractivity contribution in [3.05, 3.63) is 35.4 Å². The highest BCUT2D eigenvalue weighted by Gasteiger charge is 2.53. The summed E-state index contributed by atoms with van der Waals surface area (Å²) in [6, 6.07) is 7.64. The van der Waals surface area contributed by atoms with Crippen LogP contribution in [0.2, 0.25) is 0 Å². The lowest BCUT2D eigenvalue weighted by molar-refractivity contribution is 0.0135. The molecule has 19 heavy (non-hydrogen) atoms. The Kier molecular flexibility index (Phi) is 2.96. The molecule has 0 radical (unpaired) electrons. The zero-order valence-electron chi connectivity index (χ0n) is 11.0. The number of aliphatic hydroxyl groups is 1. The number of sulfone groups is 1. The standard InChI is InChI=1S/C14H19NO3S/c1-19(17,18)12-7-4-8-14(12,16)13-11-6-3-2-5-10(11)9-15-13/h2-3,5-6,12-13,15-16H,4,7-9H2,1H3. The van der Waals surface area contributed by atoms with E-state index >= 15 is 0 Å². The molecule has 2 aliphatic rings. The van der Waals surface area contributed by atoms with E-state index in [9.17, 15) is 13.5 Å². The van der Waals surface area contributed by atoms with Gasteiger partial charge in [0.05, 0.1) is 11.3 Å². The average molecular weight is 281 g/mol. The van der Waals surface area contributed by atoms with Crippen molar-refractivity contribution >= 4 is 9.84 Å². The smallest absolute Gasteiger partial charge is 0.153 e. The van der Waals surface area contributed by atoms with Crippen molar-refractivity contribution in [2.75, 3.05) is 6.26 Å². The van der Waals surface area contributed by atoms with Gasteiger partial charge in [-0.05, 0) is 30.4 Å². The molecule has 0 spiro atoms. The lowest BCUT2D eigenvalue weighted by atomic mass is 9.87. The van der Waals surface area contributed by atoms with Gasteiger partial charge in [0.15, 0.2) is 9.84 Å². The predicted molar refractivity (Wildman–Crippen MR) is 73.5 cm³/mol. The highest BCUT2D eigenvalue weighted by molar-refractivity contribution is 7.91. The molecule has 1 aliphatic heterocycles. The van der Waals surface area contributed by atoms with Crippen molar-refractivity contribution in [1.29, 1.82) is 0 Å². The van der Waals surface area contributed by atoms with E-state index in [-0.39, 0.29) is 6.04 Å². The predicted octanol–water partition coefficient (Wildman–Crippen LogP) is 1.16. The van der Waals surface area contributed by atoms with Crippen LogP contribution in [0.25, 0.3) is 0 Å². The maximum atomic E-state index is 11.9. The monoisotopic (exact) mass is 281 g/mol. The van der Waals surface area contributed by atoms with Gasteiger partial charge in [-0.3, -0.25) is 0 Å². The fourth-order valence-electron chi connectivity index (χ4n) is 3.64. The molecule has 1 saturated carbocycles. The van der Waals surface area contributed by atoms with E-state index in [1.807, 2.05) is 24.3 Å². The minimum atomic E-state index is -3.24. The molecule has 2 N–H and O–H groups in total. The van der Waals surface area contributed by atoms with Crippen molar-refractivity contribution < 1.29 is 13.5 Å². The Hall–Kier alpha value is -0.910. The van der Waals surface area contributed by atoms with Crippen LogP contribution in [-0.2, 0) is 16.4 Å². The molecule has 0 amide bonds. The molecule has 1 aromatic rings. The highest BCUT2D eigenvalue weighted by atomic mass is 32.2. The third-order valence-corrected chi connectivity index (χ3v) is 6.16. The first-order chi connectivity index (χ1) is 8.93. The summed E-state index contributed by atoms with van der Waals surface area (Å²) in [6.07, 6.45) is 3.08. The second kappa shape index (κ2) is 4.30. The number of fused-ring (bicyclic) bond motifs is 1. The third kappa shape index (κ3) is 2.00. The summed E-state index contributed by atoms with van der Waals surface area (Å²) >= 11 is 0. The Bertz CT molecular complexity index is 598. The lowest BCUT2D eigenvalue weighted by Crippen LogP contribution is -2.50. The Labute approximate surface area is 113 Å². The van der Waals surface area contributed by atoms with E-state index in [0.717, 1.165) is 17.5 Å². The minimum absolute atomic E-state index is 0.272. The van der Waals surface area contributed by atoms with Gasteiger partial charge < -0.3 is 10.4 Å². The topological polar surface area (TPSA) is 66.4 Å². The third-order valence-electron chi connectivity index (χ3n) is 4.48. The number of hydrogen-bond donors (Lipinski definition) is 2. The van der Waals surface area contributed by atoms with Crippen molar-refractivity contribution in [2.24, 2.45) is 0 Å². The average Bonchev–Trinajstić information content (AvgIpc) is 2.92. The van der Waals surface area contributed by atoms with E-state index in [0.29, 0.717) is 19.4 Å². The molecule has 0 saturated heterocycles. The Balaban J connectivity index is 2.03. The zero-order valence-corrected chi connectivity index (χ0v) is 11.8. The van der Waals surface area contributed by atoms with Gasteiger partial charge in [0.2, 0.25) is 0 Å². The van der Waals surface area contributed by atoms with Crippen molar-refractivity contribution in [1.82, 2.24) is 5.32 Å². The van der Waals surface area contributed by atoms with E-state index < -0.39 is 20.7 Å². The van der Waals surface area contributed by atoms with Crippen LogP contribution in [0, 0.1) is 0 Å². The Morgan fingerprint density at radius 1 is 1.37 bits per heavy atom. The summed E-state index contributed by atoms with van der Waals surface area (Å²) in [5.74, 6) is 0. The molecule has 1 aliphatic carbocycles. The van der Waals surface area contributed by atoms with Gasteiger partial charge in [-0.2, -0.15) is 0 Å². The molecule has 1 aromatic carbocycles. The molecule has 104 valence electrons. The number of hydrogen-bond acceptors (Lipinski definition) is 4. The van der Waals surface area contributed by atoms with E-state index in [1.54, 1.807) is 0 Å². The molecule has 4 nitrogen and oxygen atoms in total. The van der Waals surface area contributed by atoms with E-state index in [4.69, 9.17) is 0 Å². The molecule has 0 bridgehead atoms. The quantitative estimate of drug-likeness (QED) is 0.853. The van der Waals surface area contributed by atoms with Crippen LogP contribution in [-0.4, -0.2) is 30.6 Å². The molecule has 0 aromatic heterocycles. The molecular weight excluding hydrogens is 262 g/mol. The SMILES string of the molecule is CS(=O)(=O)C1CCCC1(O)C1NCc2ccccc21. The maximum Gasteiger partial charge on any atom is 0.153 e. The van der Waals surface area contributed by atoms with Crippen LogP contribution in [0.5, 0.6) is 0 Å². The molecule has 3 unspecified atom stereocenters. The molecule has 5 heteroatoms. The van der Waals surface area contributed by atoms with Crippen molar-refractivity contribution in [2.45, 2.75) is 42.7 Å². The van der Waals surface area contributed by atoms with Crippen LogP contribution >= 0.6 is 0 Å². The maximum absolute atomic E-state index is 11.9. The fourth-order valence-corrected chi connectivity index (χ4v) is 5.23. The highest BCUT2D eigenvalue weighted by Crippen LogP contribution is 2.45. The van der Waals surface area contributed by atoms with Crippen molar-refractivity contribution in [3.8, 4) is 0 Å². The van der Waals surface area contributed by atoms with Gasteiger partial charge in [0.25, 0.3) is 0 Å². The normalized spacial score (nSPS) is 34.4. The molecule has 1 fully saturated rings. The summed E-state index contributed by atoms with van der Waals surface area (Å²) in [7, 11) is -3.24. The van der Waals surface area contributed by atoms with Crippen LogP contribution in [0.4, 0.5) is 0 Å². The van der Waals surface area contributed by atoms with E-state index in [2.05, 4.69) is 5.32 Å². The summed E-state index contributed by atoms with van der Waals surface area (Å²) in [5.41, 5.74) is 1.01. The zero-order chi connectivity index (χ0) is 13.7. The van der Waals surface area contributed by atoms with Gasteiger partial charge in [0.1, 0.15) is 5.60 Å². The van der Waals surface area contributed by atoms with Gasteiger partial charge >= 0.3 is 0 Å². The van der Waals surface area contributed by atoms with Crippen LogP contribution in [0.15, 0.2) is 24.3 Å². The van der Waals surface area contributed by atoms with Gasteiger partial charge in [-0.25, -0.2) is 8.42 Å². The largest absolute Gasteiger partial charge is 0.387 e. The fraction of sp³-hybridized carbons (Fsp3) is 0.571. The number of rotatable bonds is 2. The van der Waals surface area contributed by atoms with Gasteiger partial charge in [-0.15, -0.1) is 0 Å². The van der Waals surface area contributed by atoms with Crippen LogP contribution < -0.4 is 5.32 Å². The van der Waals surface area contributed by atoms with Crippen LogP contribution in [0.3, 0.4) is 0 Å². The van der Waals surface area contributed by atoms with Gasteiger partial charge in [0, 0.05) is 12.8 Å². The number of nitrogens with one attached hydrogen (secondary N) is 1. The molecule has 1 heterocycles. The first-order valence-electron chi connectivity index (χ1n) is 6.65. The number of benzene rings is 1. The van der Waals surface area contributed by atoms with E-state index in [1.165, 1.54) is 6.26 Å². The summed E-state index contributed by atoms with van der Waals surface area (Å²) < 4.78 is 23.9. The summed E-state index contributed by atoms with van der Waals surface area (Å²) in [6.45, 7) is 0.694. The Morgan fingerprint density at radius 3 is 2.84 bits per heavy atom. The first-order valence-corrected chi connectivity index (χ1v) is 8.61. The summed E-state index contributed by atoms with van der Waals surface area (Å²) in [4.78, 5) is 0. The first kappa shape index (κ1) is 13.1. The van der Waals surface area contributed by atoms with Crippen LogP contribution in [0.1, 0.15) is 36.4 Å². The molecule has 3 rings (SSSR count). The second-order valence-electron chi connectivity index (χ2n) is 5.71. The summed E-state index contributed by atoms with van der Waals surface area (Å²) in [5, 5.41) is 13.6.